The zero-order chi connectivity index (χ0) is 13.3. The third-order valence-corrected chi connectivity index (χ3v) is 3.80. The number of nitrogens with one attached hydrogen (secondary N) is 1. The molecule has 0 radical (unpaired) electrons. The second-order valence-corrected chi connectivity index (χ2v) is 5.83. The SMILES string of the molecule is CN1C(=O)CCC(NCC2CCC(C)(C)O2)C1=O. The number of nitrogens with zero attached hydrogens (tertiary/aromatic N) is 1. The molecule has 102 valence electrons. The number of rotatable bonds is 3. The van der Waals surface area contributed by atoms with Crippen LogP contribution in [-0.4, -0.2) is 48.1 Å². The van der Waals surface area contributed by atoms with Crippen molar-refractivity contribution in [2.24, 2.45) is 0 Å². The molecule has 0 spiro atoms. The number of imide groups is 1. The lowest BCUT2D eigenvalue weighted by Gasteiger charge is -2.29. The van der Waals surface area contributed by atoms with E-state index < -0.39 is 0 Å². The lowest BCUT2D eigenvalue weighted by Crippen LogP contribution is -2.52. The van der Waals surface area contributed by atoms with Crippen molar-refractivity contribution in [2.75, 3.05) is 13.6 Å². The van der Waals surface area contributed by atoms with Crippen LogP contribution in [0.2, 0.25) is 0 Å². The molecule has 5 nitrogen and oxygen atoms in total. The summed E-state index contributed by atoms with van der Waals surface area (Å²) in [4.78, 5) is 24.4. The molecule has 0 aromatic carbocycles. The summed E-state index contributed by atoms with van der Waals surface area (Å²) in [5.41, 5.74) is -0.0460. The highest BCUT2D eigenvalue weighted by atomic mass is 16.5. The maximum atomic E-state index is 11.9. The molecule has 2 atom stereocenters. The van der Waals surface area contributed by atoms with E-state index in [1.807, 2.05) is 0 Å². The van der Waals surface area contributed by atoms with Crippen LogP contribution in [-0.2, 0) is 14.3 Å². The normalized spacial score (nSPS) is 32.1. The fraction of sp³-hybridized carbons (Fsp3) is 0.846. The second-order valence-electron chi connectivity index (χ2n) is 5.83. The predicted octanol–water partition coefficient (Wildman–Crippen LogP) is 0.681. The van der Waals surface area contributed by atoms with E-state index in [2.05, 4.69) is 19.2 Å². The number of amides is 2. The van der Waals surface area contributed by atoms with E-state index >= 15 is 0 Å². The van der Waals surface area contributed by atoms with Crippen LogP contribution in [0.3, 0.4) is 0 Å². The maximum absolute atomic E-state index is 11.9. The van der Waals surface area contributed by atoms with Gasteiger partial charge >= 0.3 is 0 Å². The summed E-state index contributed by atoms with van der Waals surface area (Å²) in [6.07, 6.45) is 3.29. The van der Waals surface area contributed by atoms with Gasteiger partial charge in [0, 0.05) is 20.0 Å². The Bertz CT molecular complexity index is 354. The average Bonchev–Trinajstić information content (AvgIpc) is 2.65. The standard InChI is InChI=1S/C13H22N2O3/c1-13(2)7-6-9(18-13)8-14-10-4-5-11(16)15(3)12(10)17/h9-10,14H,4-8H2,1-3H3. The Labute approximate surface area is 108 Å². The number of likely N-dealkylation sites (tertiary alicyclic amines) is 1. The van der Waals surface area contributed by atoms with Gasteiger partial charge in [0.2, 0.25) is 11.8 Å². The number of piperidine rings is 1. The molecule has 2 heterocycles. The number of hydrogen-bond donors (Lipinski definition) is 1. The van der Waals surface area contributed by atoms with Gasteiger partial charge in [0.15, 0.2) is 0 Å². The van der Waals surface area contributed by atoms with E-state index in [1.54, 1.807) is 7.05 Å². The minimum atomic E-state index is -0.236. The Morgan fingerprint density at radius 1 is 1.39 bits per heavy atom. The molecule has 0 aromatic rings. The van der Waals surface area contributed by atoms with Crippen molar-refractivity contribution in [1.82, 2.24) is 10.2 Å². The quantitative estimate of drug-likeness (QED) is 0.753. The highest BCUT2D eigenvalue weighted by Crippen LogP contribution is 2.29. The van der Waals surface area contributed by atoms with E-state index in [4.69, 9.17) is 4.74 Å². The fourth-order valence-electron chi connectivity index (χ4n) is 2.60. The van der Waals surface area contributed by atoms with Gasteiger partial charge in [0.25, 0.3) is 0 Å². The third-order valence-electron chi connectivity index (χ3n) is 3.80. The highest BCUT2D eigenvalue weighted by molar-refractivity contribution is 6.00. The van der Waals surface area contributed by atoms with Gasteiger partial charge in [-0.05, 0) is 33.1 Å². The van der Waals surface area contributed by atoms with Crippen LogP contribution in [0, 0.1) is 0 Å². The molecule has 0 aromatic heterocycles. The summed E-state index contributed by atoms with van der Waals surface area (Å²) < 4.78 is 5.87. The minimum absolute atomic E-state index is 0.0460. The lowest BCUT2D eigenvalue weighted by molar-refractivity contribution is -0.148. The lowest BCUT2D eigenvalue weighted by atomic mass is 10.0. The summed E-state index contributed by atoms with van der Waals surface area (Å²) in [5, 5.41) is 3.23. The molecule has 0 bridgehead atoms. The van der Waals surface area contributed by atoms with Crippen LogP contribution in [0.5, 0.6) is 0 Å². The molecule has 0 aliphatic carbocycles. The smallest absolute Gasteiger partial charge is 0.246 e. The van der Waals surface area contributed by atoms with Crippen LogP contribution >= 0.6 is 0 Å². The summed E-state index contributed by atoms with van der Waals surface area (Å²) in [5.74, 6) is -0.209. The molecule has 1 N–H and O–H groups in total. The first kappa shape index (κ1) is 13.5. The predicted molar refractivity (Wildman–Crippen MR) is 67.0 cm³/mol. The van der Waals surface area contributed by atoms with E-state index in [0.717, 1.165) is 12.8 Å². The molecular formula is C13H22N2O3. The van der Waals surface area contributed by atoms with Crippen LogP contribution in [0.25, 0.3) is 0 Å². The summed E-state index contributed by atoms with van der Waals surface area (Å²) >= 11 is 0. The van der Waals surface area contributed by atoms with E-state index in [9.17, 15) is 9.59 Å². The first-order valence-corrected chi connectivity index (χ1v) is 6.61. The largest absolute Gasteiger partial charge is 0.371 e. The van der Waals surface area contributed by atoms with Crippen molar-refractivity contribution < 1.29 is 14.3 Å². The molecule has 0 saturated carbocycles. The molecule has 2 aliphatic heterocycles. The third kappa shape index (κ3) is 2.90. The molecule has 2 fully saturated rings. The number of ether oxygens (including phenoxy) is 1. The van der Waals surface area contributed by atoms with Gasteiger partial charge in [0.1, 0.15) is 0 Å². The van der Waals surface area contributed by atoms with Crippen molar-refractivity contribution in [2.45, 2.75) is 57.3 Å². The highest BCUT2D eigenvalue weighted by Gasteiger charge is 2.34. The van der Waals surface area contributed by atoms with Gasteiger partial charge in [0.05, 0.1) is 17.7 Å². The molecule has 2 saturated heterocycles. The zero-order valence-electron chi connectivity index (χ0n) is 11.4. The zero-order valence-corrected chi connectivity index (χ0v) is 11.4. The van der Waals surface area contributed by atoms with Gasteiger partial charge in [-0.15, -0.1) is 0 Å². The topological polar surface area (TPSA) is 58.6 Å². The van der Waals surface area contributed by atoms with Crippen molar-refractivity contribution in [3.05, 3.63) is 0 Å². The Morgan fingerprint density at radius 2 is 2.11 bits per heavy atom. The van der Waals surface area contributed by atoms with Crippen LogP contribution in [0.15, 0.2) is 0 Å². The fourth-order valence-corrected chi connectivity index (χ4v) is 2.60. The van der Waals surface area contributed by atoms with Crippen molar-refractivity contribution in [1.29, 1.82) is 0 Å². The Hall–Kier alpha value is -0.940. The van der Waals surface area contributed by atoms with Crippen LogP contribution in [0.4, 0.5) is 0 Å². The number of carbonyl (C=O) groups excluding carboxylic acids is 2. The maximum Gasteiger partial charge on any atom is 0.246 e. The minimum Gasteiger partial charge on any atom is -0.371 e. The van der Waals surface area contributed by atoms with Gasteiger partial charge in [-0.3, -0.25) is 14.5 Å². The first-order chi connectivity index (χ1) is 8.39. The molecule has 2 unspecified atom stereocenters. The van der Waals surface area contributed by atoms with Crippen molar-refractivity contribution in [3.8, 4) is 0 Å². The Morgan fingerprint density at radius 3 is 2.72 bits per heavy atom. The van der Waals surface area contributed by atoms with E-state index in [0.29, 0.717) is 19.4 Å². The van der Waals surface area contributed by atoms with Gasteiger partial charge < -0.3 is 10.1 Å². The van der Waals surface area contributed by atoms with E-state index in [1.165, 1.54) is 4.90 Å². The number of carbonyl (C=O) groups is 2. The molecule has 2 aliphatic rings. The van der Waals surface area contributed by atoms with Crippen LogP contribution in [0.1, 0.15) is 39.5 Å². The average molecular weight is 254 g/mol. The molecular weight excluding hydrogens is 232 g/mol. The molecule has 18 heavy (non-hydrogen) atoms. The molecule has 5 heteroatoms. The van der Waals surface area contributed by atoms with Gasteiger partial charge in [-0.25, -0.2) is 0 Å². The van der Waals surface area contributed by atoms with Crippen molar-refractivity contribution in [3.63, 3.8) is 0 Å². The summed E-state index contributed by atoms with van der Waals surface area (Å²) in [7, 11) is 1.55. The van der Waals surface area contributed by atoms with Gasteiger partial charge in [-0.1, -0.05) is 0 Å². The summed E-state index contributed by atoms with van der Waals surface area (Å²) in [6, 6.07) is -0.236. The monoisotopic (exact) mass is 254 g/mol. The molecule has 2 amide bonds. The van der Waals surface area contributed by atoms with Gasteiger partial charge in [-0.2, -0.15) is 0 Å². The molecule has 2 rings (SSSR count). The Balaban J connectivity index is 1.81. The number of hydrogen-bond acceptors (Lipinski definition) is 4. The Kier molecular flexibility index (Phi) is 3.73. The van der Waals surface area contributed by atoms with Crippen molar-refractivity contribution >= 4 is 11.8 Å². The first-order valence-electron chi connectivity index (χ1n) is 6.61. The van der Waals surface area contributed by atoms with Crippen LogP contribution < -0.4 is 5.32 Å². The second kappa shape index (κ2) is 4.97. The summed E-state index contributed by atoms with van der Waals surface area (Å²) in [6.45, 7) is 4.86. The number of likely N-dealkylation sites (N-methyl/N-ethyl adjacent to an activating group) is 1. The van der Waals surface area contributed by atoms with E-state index in [-0.39, 0.29) is 29.6 Å².